The molecule has 0 saturated carbocycles. The normalized spacial score (nSPS) is 16.1. The number of halogens is 1. The van der Waals surface area contributed by atoms with Crippen molar-refractivity contribution in [2.24, 2.45) is 5.73 Å². The third kappa shape index (κ3) is 2.50. The summed E-state index contributed by atoms with van der Waals surface area (Å²) in [5, 5.41) is 7.66. The summed E-state index contributed by atoms with van der Waals surface area (Å²) in [6.07, 6.45) is 0. The molecule has 1 atom stereocenters. The molecule has 0 rings (SSSR count). The van der Waals surface area contributed by atoms with Gasteiger partial charge in [-0.2, -0.15) is 0 Å². The average molecular weight is 161 g/mol. The second-order valence-electron chi connectivity index (χ2n) is 2.41. The highest BCUT2D eigenvalue weighted by atomic mass is 35.5. The second kappa shape index (κ2) is 3.74. The molecule has 0 saturated heterocycles. The van der Waals surface area contributed by atoms with Gasteiger partial charge in [0.15, 0.2) is 0 Å². The Labute approximate surface area is 66.6 Å². The summed E-state index contributed by atoms with van der Waals surface area (Å²) in [7, 11) is 0. The zero-order chi connectivity index (χ0) is 8.31. The molecule has 0 heterocycles. The van der Waals surface area contributed by atoms with Crippen molar-refractivity contribution in [3.8, 4) is 0 Å². The van der Waals surface area contributed by atoms with Gasteiger partial charge in [0.05, 0.1) is 5.03 Å². The Morgan fingerprint density at radius 1 is 1.50 bits per heavy atom. The van der Waals surface area contributed by atoms with Crippen LogP contribution in [-0.4, -0.2) is 11.8 Å². The van der Waals surface area contributed by atoms with E-state index in [0.29, 0.717) is 10.7 Å². The van der Waals surface area contributed by atoms with Crippen molar-refractivity contribution in [1.29, 1.82) is 5.41 Å². The molecule has 0 amide bonds. The van der Waals surface area contributed by atoms with Crippen molar-refractivity contribution in [1.82, 2.24) is 0 Å². The summed E-state index contributed by atoms with van der Waals surface area (Å²) >= 11 is 5.74. The molecule has 10 heavy (non-hydrogen) atoms. The first-order chi connectivity index (χ1) is 4.46. The van der Waals surface area contributed by atoms with Crippen molar-refractivity contribution in [3.63, 3.8) is 0 Å². The van der Waals surface area contributed by atoms with Crippen LogP contribution < -0.4 is 5.73 Å². The predicted molar refractivity (Wildman–Crippen MR) is 45.6 cm³/mol. The van der Waals surface area contributed by atoms with E-state index < -0.39 is 0 Å². The maximum absolute atomic E-state index is 7.18. The molecule has 0 aliphatic rings. The van der Waals surface area contributed by atoms with Gasteiger partial charge in [0, 0.05) is 11.8 Å². The second-order valence-corrected chi connectivity index (χ2v) is 2.79. The Balaban J connectivity index is 4.50. The number of nitrogens with two attached hydrogens (primary N) is 1. The van der Waals surface area contributed by atoms with E-state index in [0.717, 1.165) is 5.57 Å². The van der Waals surface area contributed by atoms with Crippen LogP contribution >= 0.6 is 11.6 Å². The molecule has 0 spiro atoms. The lowest BCUT2D eigenvalue weighted by molar-refractivity contribution is 0.859. The molecule has 0 aromatic heterocycles. The summed E-state index contributed by atoms with van der Waals surface area (Å²) in [5.74, 6) is 0. The standard InChI is InChI=1S/C7H13ClN2/c1-4(5(2)9)7(8)6(3)10/h5,10H,9H2,1-3H3/b7-4+,10-6?/t5-/m1/s1. The molecule has 0 aliphatic heterocycles. The molecule has 3 N–H and O–H groups in total. The van der Waals surface area contributed by atoms with E-state index in [4.69, 9.17) is 22.7 Å². The van der Waals surface area contributed by atoms with Gasteiger partial charge in [0.2, 0.25) is 0 Å². The third-order valence-electron chi connectivity index (χ3n) is 1.36. The number of allylic oxidation sites excluding steroid dienone is 1. The van der Waals surface area contributed by atoms with E-state index in [9.17, 15) is 0 Å². The van der Waals surface area contributed by atoms with Gasteiger partial charge in [-0.25, -0.2) is 0 Å². The largest absolute Gasteiger partial charge is 0.324 e. The maximum Gasteiger partial charge on any atom is 0.0615 e. The topological polar surface area (TPSA) is 49.9 Å². The highest BCUT2D eigenvalue weighted by molar-refractivity contribution is 6.43. The summed E-state index contributed by atoms with van der Waals surface area (Å²) in [6.45, 7) is 5.33. The molecular formula is C7H13ClN2. The van der Waals surface area contributed by atoms with Crippen molar-refractivity contribution < 1.29 is 0 Å². The molecular weight excluding hydrogens is 148 g/mol. The Kier molecular flexibility index (Phi) is 3.61. The van der Waals surface area contributed by atoms with Crippen LogP contribution in [0.2, 0.25) is 0 Å². The van der Waals surface area contributed by atoms with Crippen LogP contribution in [0.4, 0.5) is 0 Å². The van der Waals surface area contributed by atoms with Gasteiger partial charge in [0.25, 0.3) is 0 Å². The molecule has 2 nitrogen and oxygen atoms in total. The van der Waals surface area contributed by atoms with E-state index in [1.54, 1.807) is 6.92 Å². The Morgan fingerprint density at radius 3 is 2.00 bits per heavy atom. The molecule has 0 unspecified atom stereocenters. The summed E-state index contributed by atoms with van der Waals surface area (Å²) in [4.78, 5) is 0. The average Bonchev–Trinajstić information content (AvgIpc) is 1.84. The molecule has 0 fully saturated rings. The van der Waals surface area contributed by atoms with Gasteiger partial charge < -0.3 is 11.1 Å². The van der Waals surface area contributed by atoms with Gasteiger partial charge in [-0.05, 0) is 26.3 Å². The lowest BCUT2D eigenvalue weighted by Gasteiger charge is -2.07. The van der Waals surface area contributed by atoms with Crippen molar-refractivity contribution >= 4 is 17.3 Å². The quantitative estimate of drug-likeness (QED) is 0.596. The Hall–Kier alpha value is -0.340. The van der Waals surface area contributed by atoms with Gasteiger partial charge in [-0.1, -0.05) is 11.6 Å². The van der Waals surface area contributed by atoms with Gasteiger partial charge in [-0.3, -0.25) is 0 Å². The van der Waals surface area contributed by atoms with Crippen LogP contribution in [0.25, 0.3) is 0 Å². The van der Waals surface area contributed by atoms with Crippen LogP contribution in [0.15, 0.2) is 10.6 Å². The summed E-state index contributed by atoms with van der Waals surface area (Å²) < 4.78 is 0. The number of hydrogen-bond acceptors (Lipinski definition) is 2. The maximum atomic E-state index is 7.18. The van der Waals surface area contributed by atoms with E-state index >= 15 is 0 Å². The first-order valence-electron chi connectivity index (χ1n) is 3.14. The SMILES string of the molecule is CC(=N)/C(Cl)=C(/C)[C@@H](C)N. The van der Waals surface area contributed by atoms with Crippen molar-refractivity contribution in [2.75, 3.05) is 0 Å². The number of hydrogen-bond donors (Lipinski definition) is 2. The van der Waals surface area contributed by atoms with Crippen LogP contribution in [0.1, 0.15) is 20.8 Å². The third-order valence-corrected chi connectivity index (χ3v) is 1.94. The fraction of sp³-hybridized carbons (Fsp3) is 0.571. The van der Waals surface area contributed by atoms with E-state index in [2.05, 4.69) is 0 Å². The zero-order valence-corrected chi connectivity index (χ0v) is 7.29. The van der Waals surface area contributed by atoms with E-state index in [1.807, 2.05) is 13.8 Å². The zero-order valence-electron chi connectivity index (χ0n) is 6.53. The molecule has 58 valence electrons. The number of rotatable bonds is 2. The Morgan fingerprint density at radius 2 is 1.90 bits per heavy atom. The minimum atomic E-state index is -0.0622. The monoisotopic (exact) mass is 160 g/mol. The Bertz CT molecular complexity index is 170. The van der Waals surface area contributed by atoms with Gasteiger partial charge in [0.1, 0.15) is 0 Å². The first kappa shape index (κ1) is 9.66. The van der Waals surface area contributed by atoms with Crippen LogP contribution in [0.5, 0.6) is 0 Å². The van der Waals surface area contributed by atoms with E-state index in [1.165, 1.54) is 0 Å². The minimum Gasteiger partial charge on any atom is -0.324 e. The van der Waals surface area contributed by atoms with Crippen LogP contribution in [-0.2, 0) is 0 Å². The summed E-state index contributed by atoms with van der Waals surface area (Å²) in [5.41, 5.74) is 6.78. The highest BCUT2D eigenvalue weighted by Crippen LogP contribution is 2.12. The van der Waals surface area contributed by atoms with Gasteiger partial charge in [-0.15, -0.1) is 0 Å². The smallest absolute Gasteiger partial charge is 0.0615 e. The van der Waals surface area contributed by atoms with Crippen molar-refractivity contribution in [2.45, 2.75) is 26.8 Å². The lowest BCUT2D eigenvalue weighted by atomic mass is 10.1. The molecule has 0 bridgehead atoms. The predicted octanol–water partition coefficient (Wildman–Crippen LogP) is 1.89. The first-order valence-corrected chi connectivity index (χ1v) is 3.52. The van der Waals surface area contributed by atoms with Crippen LogP contribution in [0, 0.1) is 5.41 Å². The van der Waals surface area contributed by atoms with E-state index in [-0.39, 0.29) is 6.04 Å². The van der Waals surface area contributed by atoms with Crippen molar-refractivity contribution in [3.05, 3.63) is 10.6 Å². The highest BCUT2D eigenvalue weighted by Gasteiger charge is 2.04. The molecule has 3 heteroatoms. The molecule has 0 aromatic carbocycles. The lowest BCUT2D eigenvalue weighted by Crippen LogP contribution is -2.18. The minimum absolute atomic E-state index is 0.0622. The van der Waals surface area contributed by atoms with Gasteiger partial charge >= 0.3 is 0 Å². The summed E-state index contributed by atoms with van der Waals surface area (Å²) in [6, 6.07) is -0.0622. The fourth-order valence-electron chi connectivity index (χ4n) is 0.496. The number of nitrogens with one attached hydrogen (secondary N) is 1. The van der Waals surface area contributed by atoms with Crippen LogP contribution in [0.3, 0.4) is 0 Å². The molecule has 0 aromatic rings. The fourth-order valence-corrected chi connectivity index (χ4v) is 0.668. The molecule has 0 radical (unpaired) electrons. The molecule has 0 aliphatic carbocycles.